The fraction of sp³-hybridized carbons (Fsp3) is 0.538. The van der Waals surface area contributed by atoms with Gasteiger partial charge < -0.3 is 15.6 Å². The summed E-state index contributed by atoms with van der Waals surface area (Å²) in [6.45, 7) is 2.70. The van der Waals surface area contributed by atoms with Crippen molar-refractivity contribution in [3.05, 3.63) is 28.8 Å². The van der Waals surface area contributed by atoms with Gasteiger partial charge >= 0.3 is 0 Å². The topological polar surface area (TPSA) is 55.5 Å². The van der Waals surface area contributed by atoms with Gasteiger partial charge in [-0.15, -0.1) is 0 Å². The number of rotatable bonds is 6. The standard InChI is InChI=1S/C13H20ClNO2/c1-9(5-10(7-15)8-16)12-4-3-11(17-2)6-13(12)14/h3-4,6,9-10,16H,5,7-8,15H2,1-2H3. The van der Waals surface area contributed by atoms with E-state index < -0.39 is 0 Å². The van der Waals surface area contributed by atoms with E-state index in [0.29, 0.717) is 11.6 Å². The molecule has 96 valence electrons. The molecular weight excluding hydrogens is 238 g/mol. The monoisotopic (exact) mass is 257 g/mol. The van der Waals surface area contributed by atoms with E-state index in [1.54, 1.807) is 7.11 Å². The van der Waals surface area contributed by atoms with Crippen molar-refractivity contribution in [2.24, 2.45) is 11.7 Å². The summed E-state index contributed by atoms with van der Waals surface area (Å²) in [5.74, 6) is 1.15. The molecule has 3 nitrogen and oxygen atoms in total. The highest BCUT2D eigenvalue weighted by Gasteiger charge is 2.15. The van der Waals surface area contributed by atoms with E-state index in [1.807, 2.05) is 18.2 Å². The molecule has 0 aliphatic carbocycles. The molecule has 0 aliphatic rings. The zero-order valence-corrected chi connectivity index (χ0v) is 11.1. The summed E-state index contributed by atoms with van der Waals surface area (Å²) in [5, 5.41) is 9.84. The van der Waals surface area contributed by atoms with E-state index in [2.05, 4.69) is 6.92 Å². The summed E-state index contributed by atoms with van der Waals surface area (Å²) in [7, 11) is 1.62. The Morgan fingerprint density at radius 3 is 2.65 bits per heavy atom. The number of aliphatic hydroxyl groups is 1. The highest BCUT2D eigenvalue weighted by atomic mass is 35.5. The number of hydrogen-bond donors (Lipinski definition) is 2. The normalized spacial score (nSPS) is 14.4. The minimum Gasteiger partial charge on any atom is -0.497 e. The van der Waals surface area contributed by atoms with Gasteiger partial charge in [-0.3, -0.25) is 0 Å². The largest absolute Gasteiger partial charge is 0.497 e. The van der Waals surface area contributed by atoms with Crippen LogP contribution in [-0.4, -0.2) is 25.4 Å². The van der Waals surface area contributed by atoms with Crippen molar-refractivity contribution in [2.45, 2.75) is 19.3 Å². The third-order valence-electron chi connectivity index (χ3n) is 3.02. The summed E-state index contributed by atoms with van der Waals surface area (Å²) < 4.78 is 5.11. The highest BCUT2D eigenvalue weighted by Crippen LogP contribution is 2.31. The molecule has 1 rings (SSSR count). The molecule has 0 fully saturated rings. The van der Waals surface area contributed by atoms with Crippen molar-refractivity contribution in [3.8, 4) is 5.75 Å². The van der Waals surface area contributed by atoms with Gasteiger partial charge in [0.25, 0.3) is 0 Å². The van der Waals surface area contributed by atoms with Crippen LogP contribution in [-0.2, 0) is 0 Å². The van der Waals surface area contributed by atoms with Crippen LogP contribution in [0, 0.1) is 5.92 Å². The molecule has 0 aliphatic heterocycles. The van der Waals surface area contributed by atoms with Gasteiger partial charge in [-0.05, 0) is 42.5 Å². The third-order valence-corrected chi connectivity index (χ3v) is 3.34. The van der Waals surface area contributed by atoms with Crippen molar-refractivity contribution in [1.82, 2.24) is 0 Å². The molecule has 2 atom stereocenters. The molecule has 0 saturated carbocycles. The molecule has 3 N–H and O–H groups in total. The molecule has 1 aromatic rings. The molecule has 0 spiro atoms. The smallest absolute Gasteiger partial charge is 0.120 e. The molecule has 0 aromatic heterocycles. The SMILES string of the molecule is COc1ccc(C(C)CC(CN)CO)c(Cl)c1. The van der Waals surface area contributed by atoms with Crippen LogP contribution < -0.4 is 10.5 Å². The Morgan fingerprint density at radius 2 is 2.18 bits per heavy atom. The van der Waals surface area contributed by atoms with Crippen molar-refractivity contribution in [2.75, 3.05) is 20.3 Å². The maximum atomic E-state index is 9.14. The maximum Gasteiger partial charge on any atom is 0.120 e. The van der Waals surface area contributed by atoms with Gasteiger partial charge in [0.15, 0.2) is 0 Å². The molecule has 4 heteroatoms. The highest BCUT2D eigenvalue weighted by molar-refractivity contribution is 6.31. The number of ether oxygens (including phenoxy) is 1. The zero-order valence-electron chi connectivity index (χ0n) is 10.3. The Labute approximate surface area is 108 Å². The Morgan fingerprint density at radius 1 is 1.47 bits per heavy atom. The van der Waals surface area contributed by atoms with E-state index in [1.165, 1.54) is 0 Å². The van der Waals surface area contributed by atoms with Crippen LogP contribution in [0.25, 0.3) is 0 Å². The van der Waals surface area contributed by atoms with Gasteiger partial charge in [-0.2, -0.15) is 0 Å². The minimum atomic E-state index is 0.120. The summed E-state index contributed by atoms with van der Waals surface area (Å²) in [5.41, 5.74) is 6.65. The van der Waals surface area contributed by atoms with Gasteiger partial charge in [0.1, 0.15) is 5.75 Å². The van der Waals surface area contributed by atoms with Crippen LogP contribution in [0.2, 0.25) is 5.02 Å². The maximum absolute atomic E-state index is 9.14. The Balaban J connectivity index is 2.78. The third kappa shape index (κ3) is 3.87. The van der Waals surface area contributed by atoms with Crippen LogP contribution in [0.4, 0.5) is 0 Å². The molecule has 0 heterocycles. The van der Waals surface area contributed by atoms with Gasteiger partial charge in [0.2, 0.25) is 0 Å². The minimum absolute atomic E-state index is 0.120. The van der Waals surface area contributed by atoms with E-state index in [9.17, 15) is 0 Å². The Bertz CT molecular complexity index is 353. The summed E-state index contributed by atoms with van der Waals surface area (Å²) >= 11 is 6.20. The van der Waals surface area contributed by atoms with E-state index in [-0.39, 0.29) is 18.4 Å². The summed E-state index contributed by atoms with van der Waals surface area (Å²) in [4.78, 5) is 0. The lowest BCUT2D eigenvalue weighted by Crippen LogP contribution is -2.20. The van der Waals surface area contributed by atoms with Gasteiger partial charge in [-0.1, -0.05) is 24.6 Å². The lowest BCUT2D eigenvalue weighted by atomic mass is 9.90. The number of halogens is 1. The number of hydrogen-bond acceptors (Lipinski definition) is 3. The predicted molar refractivity (Wildman–Crippen MR) is 70.7 cm³/mol. The number of nitrogens with two attached hydrogens (primary N) is 1. The molecule has 17 heavy (non-hydrogen) atoms. The second-order valence-electron chi connectivity index (χ2n) is 4.31. The van der Waals surface area contributed by atoms with Crippen molar-refractivity contribution < 1.29 is 9.84 Å². The number of aliphatic hydroxyl groups excluding tert-OH is 1. The van der Waals surface area contributed by atoms with E-state index >= 15 is 0 Å². The van der Waals surface area contributed by atoms with E-state index in [4.69, 9.17) is 27.2 Å². The number of methoxy groups -OCH3 is 1. The Hall–Kier alpha value is -0.770. The van der Waals surface area contributed by atoms with Gasteiger partial charge in [0, 0.05) is 11.6 Å². The molecule has 0 radical (unpaired) electrons. The van der Waals surface area contributed by atoms with Gasteiger partial charge in [-0.25, -0.2) is 0 Å². The lowest BCUT2D eigenvalue weighted by molar-refractivity contribution is 0.217. The van der Waals surface area contributed by atoms with Crippen LogP contribution >= 0.6 is 11.6 Å². The van der Waals surface area contributed by atoms with Crippen LogP contribution in [0.3, 0.4) is 0 Å². The second kappa shape index (κ2) is 6.84. The van der Waals surface area contributed by atoms with Crippen molar-refractivity contribution in [1.29, 1.82) is 0 Å². The van der Waals surface area contributed by atoms with Crippen LogP contribution in [0.5, 0.6) is 5.75 Å². The zero-order chi connectivity index (χ0) is 12.8. The molecule has 2 unspecified atom stereocenters. The lowest BCUT2D eigenvalue weighted by Gasteiger charge is -2.19. The quantitative estimate of drug-likeness (QED) is 0.823. The summed E-state index contributed by atoms with van der Waals surface area (Å²) in [6.07, 6.45) is 0.832. The average Bonchev–Trinajstić information content (AvgIpc) is 2.35. The van der Waals surface area contributed by atoms with Crippen molar-refractivity contribution >= 4 is 11.6 Å². The molecule has 0 bridgehead atoms. The molecular formula is C13H20ClNO2. The summed E-state index contributed by atoms with van der Waals surface area (Å²) in [6, 6.07) is 5.68. The molecule has 1 aromatic carbocycles. The first-order valence-corrected chi connectivity index (χ1v) is 6.14. The predicted octanol–water partition coefficient (Wildman–Crippen LogP) is 2.41. The second-order valence-corrected chi connectivity index (χ2v) is 4.72. The first-order valence-electron chi connectivity index (χ1n) is 5.76. The fourth-order valence-corrected chi connectivity index (χ4v) is 2.26. The van der Waals surface area contributed by atoms with Gasteiger partial charge in [0.05, 0.1) is 7.11 Å². The van der Waals surface area contributed by atoms with Crippen LogP contribution in [0.1, 0.15) is 24.8 Å². The van der Waals surface area contributed by atoms with E-state index in [0.717, 1.165) is 17.7 Å². The first kappa shape index (κ1) is 14.3. The van der Waals surface area contributed by atoms with Crippen LogP contribution in [0.15, 0.2) is 18.2 Å². The van der Waals surface area contributed by atoms with Crippen molar-refractivity contribution in [3.63, 3.8) is 0 Å². The first-order chi connectivity index (χ1) is 8.12. The molecule has 0 amide bonds. The molecule has 0 saturated heterocycles. The fourth-order valence-electron chi connectivity index (χ4n) is 1.91. The Kier molecular flexibility index (Phi) is 5.75. The average molecular weight is 258 g/mol. The number of benzene rings is 1.